The molecule has 2 aromatic rings. The molecule has 0 aliphatic rings. The van der Waals surface area contributed by atoms with E-state index in [2.05, 4.69) is 10.5 Å². The van der Waals surface area contributed by atoms with E-state index in [0.717, 1.165) is 22.4 Å². The summed E-state index contributed by atoms with van der Waals surface area (Å²) in [7, 11) is 1.61. The van der Waals surface area contributed by atoms with Gasteiger partial charge >= 0.3 is 0 Å². The highest BCUT2D eigenvalue weighted by Crippen LogP contribution is 2.31. The molecule has 138 valence electrons. The van der Waals surface area contributed by atoms with E-state index in [1.165, 1.54) is 0 Å². The summed E-state index contributed by atoms with van der Waals surface area (Å²) in [6.07, 6.45) is 1.56. The van der Waals surface area contributed by atoms with Crippen LogP contribution in [0.5, 0.6) is 11.5 Å². The van der Waals surface area contributed by atoms with Gasteiger partial charge in [-0.25, -0.2) is 5.43 Å². The molecule has 0 aliphatic heterocycles. The maximum atomic E-state index is 11.9. The zero-order valence-corrected chi connectivity index (χ0v) is 16.1. The third kappa shape index (κ3) is 5.49. The van der Waals surface area contributed by atoms with Crippen LogP contribution in [0.4, 0.5) is 0 Å². The Hall–Kier alpha value is -2.53. The molecule has 1 N–H and O–H groups in total. The van der Waals surface area contributed by atoms with E-state index in [1.54, 1.807) is 13.3 Å². The van der Waals surface area contributed by atoms with E-state index in [1.807, 2.05) is 57.2 Å². The van der Waals surface area contributed by atoms with Crippen molar-refractivity contribution in [1.29, 1.82) is 0 Å². The van der Waals surface area contributed by atoms with E-state index < -0.39 is 0 Å². The van der Waals surface area contributed by atoms with Crippen molar-refractivity contribution in [2.45, 2.75) is 26.7 Å². The SMILES string of the molecule is COc1ccc(/C=N/NC(=O)COc2cc(C)c(Cl)cc2C(C)C)cc1. The Labute approximate surface area is 159 Å². The number of carbonyl (C=O) groups excluding carboxylic acids is 1. The van der Waals surface area contributed by atoms with E-state index >= 15 is 0 Å². The van der Waals surface area contributed by atoms with Crippen molar-refractivity contribution in [3.8, 4) is 11.5 Å². The first-order valence-electron chi connectivity index (χ1n) is 8.29. The summed E-state index contributed by atoms with van der Waals surface area (Å²) in [5.74, 6) is 1.33. The highest BCUT2D eigenvalue weighted by Gasteiger charge is 2.12. The quantitative estimate of drug-likeness (QED) is 0.580. The van der Waals surface area contributed by atoms with Gasteiger partial charge < -0.3 is 9.47 Å². The molecule has 0 saturated heterocycles. The summed E-state index contributed by atoms with van der Waals surface area (Å²) >= 11 is 6.18. The molecule has 2 rings (SSSR count). The van der Waals surface area contributed by atoms with Crippen molar-refractivity contribution in [1.82, 2.24) is 5.43 Å². The monoisotopic (exact) mass is 374 g/mol. The number of carbonyl (C=O) groups is 1. The Morgan fingerprint density at radius 3 is 2.58 bits per heavy atom. The number of hydrazone groups is 1. The fourth-order valence-corrected chi connectivity index (χ4v) is 2.46. The van der Waals surface area contributed by atoms with Crippen molar-refractivity contribution < 1.29 is 14.3 Å². The topological polar surface area (TPSA) is 59.9 Å². The van der Waals surface area contributed by atoms with Gasteiger partial charge in [0.2, 0.25) is 0 Å². The van der Waals surface area contributed by atoms with Gasteiger partial charge in [-0.1, -0.05) is 25.4 Å². The number of benzene rings is 2. The standard InChI is InChI=1S/C20H23ClN2O3/c1-13(2)17-10-18(21)14(3)9-19(17)26-12-20(24)23-22-11-15-5-7-16(25-4)8-6-15/h5-11,13H,12H2,1-4H3,(H,23,24)/b22-11+. The number of halogens is 1. The molecule has 2 aromatic carbocycles. The Kier molecular flexibility index (Phi) is 7.04. The molecule has 0 aromatic heterocycles. The first kappa shape index (κ1) is 19.8. The zero-order chi connectivity index (χ0) is 19.1. The molecule has 26 heavy (non-hydrogen) atoms. The first-order chi connectivity index (χ1) is 12.4. The number of hydrogen-bond donors (Lipinski definition) is 1. The average Bonchev–Trinajstić information content (AvgIpc) is 2.62. The maximum Gasteiger partial charge on any atom is 0.277 e. The van der Waals surface area contributed by atoms with Crippen molar-refractivity contribution in [2.24, 2.45) is 5.10 Å². The van der Waals surface area contributed by atoms with Gasteiger partial charge in [-0.2, -0.15) is 5.10 Å². The molecular weight excluding hydrogens is 352 g/mol. The predicted octanol–water partition coefficient (Wildman–Crippen LogP) is 4.31. The fourth-order valence-electron chi connectivity index (χ4n) is 2.29. The van der Waals surface area contributed by atoms with Gasteiger partial charge in [0.1, 0.15) is 11.5 Å². The lowest BCUT2D eigenvalue weighted by Crippen LogP contribution is -2.25. The van der Waals surface area contributed by atoms with Crippen LogP contribution >= 0.6 is 11.6 Å². The van der Waals surface area contributed by atoms with E-state index in [-0.39, 0.29) is 18.4 Å². The Morgan fingerprint density at radius 1 is 1.27 bits per heavy atom. The second-order valence-electron chi connectivity index (χ2n) is 6.15. The second kappa shape index (κ2) is 9.25. The molecule has 6 heteroatoms. The second-order valence-corrected chi connectivity index (χ2v) is 6.56. The fraction of sp³-hybridized carbons (Fsp3) is 0.300. The average molecular weight is 375 g/mol. The van der Waals surface area contributed by atoms with Crippen LogP contribution < -0.4 is 14.9 Å². The van der Waals surface area contributed by atoms with Gasteiger partial charge in [-0.3, -0.25) is 4.79 Å². The highest BCUT2D eigenvalue weighted by molar-refractivity contribution is 6.31. The van der Waals surface area contributed by atoms with Crippen LogP contribution in [0, 0.1) is 6.92 Å². The van der Waals surface area contributed by atoms with Crippen molar-refractivity contribution in [2.75, 3.05) is 13.7 Å². The normalized spacial score (nSPS) is 11.0. The Bertz CT molecular complexity index is 786. The number of nitrogens with zero attached hydrogens (tertiary/aromatic N) is 1. The van der Waals surface area contributed by atoms with Crippen LogP contribution in [0.2, 0.25) is 5.02 Å². The van der Waals surface area contributed by atoms with Crippen molar-refractivity contribution in [3.63, 3.8) is 0 Å². The highest BCUT2D eigenvalue weighted by atomic mass is 35.5. The van der Waals surface area contributed by atoms with Gasteiger partial charge in [0, 0.05) is 5.02 Å². The number of methoxy groups -OCH3 is 1. The molecule has 0 heterocycles. The van der Waals surface area contributed by atoms with Crippen LogP contribution in [0.15, 0.2) is 41.5 Å². The largest absolute Gasteiger partial charge is 0.497 e. The van der Waals surface area contributed by atoms with Crippen LogP contribution in [0.1, 0.15) is 36.5 Å². The number of amides is 1. The van der Waals surface area contributed by atoms with E-state index in [4.69, 9.17) is 21.1 Å². The molecule has 0 atom stereocenters. The summed E-state index contributed by atoms with van der Waals surface area (Å²) in [6.45, 7) is 5.87. The minimum absolute atomic E-state index is 0.124. The molecule has 0 fully saturated rings. The predicted molar refractivity (Wildman–Crippen MR) is 105 cm³/mol. The summed E-state index contributed by atoms with van der Waals surface area (Å²) < 4.78 is 10.8. The number of aryl methyl sites for hydroxylation is 1. The lowest BCUT2D eigenvalue weighted by atomic mass is 10.0. The van der Waals surface area contributed by atoms with Gasteiger partial charge in [0.15, 0.2) is 6.61 Å². The number of hydrogen-bond acceptors (Lipinski definition) is 4. The Balaban J connectivity index is 1.92. The molecule has 0 saturated carbocycles. The lowest BCUT2D eigenvalue weighted by molar-refractivity contribution is -0.123. The molecule has 0 unspecified atom stereocenters. The van der Waals surface area contributed by atoms with Crippen LogP contribution in [-0.4, -0.2) is 25.8 Å². The molecule has 0 radical (unpaired) electrons. The molecular formula is C20H23ClN2O3. The first-order valence-corrected chi connectivity index (χ1v) is 8.67. The van der Waals surface area contributed by atoms with Gasteiger partial charge in [0.25, 0.3) is 5.91 Å². The zero-order valence-electron chi connectivity index (χ0n) is 15.4. The summed E-state index contributed by atoms with van der Waals surface area (Å²) in [5.41, 5.74) is 5.18. The number of nitrogens with one attached hydrogen (secondary N) is 1. The van der Waals surface area contributed by atoms with Crippen molar-refractivity contribution >= 4 is 23.7 Å². The van der Waals surface area contributed by atoms with Gasteiger partial charge in [0.05, 0.1) is 13.3 Å². The summed E-state index contributed by atoms with van der Waals surface area (Å²) in [5, 5.41) is 4.62. The lowest BCUT2D eigenvalue weighted by Gasteiger charge is -2.15. The molecule has 1 amide bonds. The summed E-state index contributed by atoms with van der Waals surface area (Å²) in [4.78, 5) is 11.9. The third-order valence-corrected chi connectivity index (χ3v) is 4.20. The third-order valence-electron chi connectivity index (χ3n) is 3.79. The number of rotatable bonds is 7. The van der Waals surface area contributed by atoms with E-state index in [0.29, 0.717) is 10.8 Å². The summed E-state index contributed by atoms with van der Waals surface area (Å²) in [6, 6.07) is 11.1. The van der Waals surface area contributed by atoms with Crippen molar-refractivity contribution in [3.05, 3.63) is 58.1 Å². The molecule has 0 bridgehead atoms. The van der Waals surface area contributed by atoms with E-state index in [9.17, 15) is 4.79 Å². The molecule has 0 spiro atoms. The van der Waals surface area contributed by atoms with Crippen LogP contribution in [-0.2, 0) is 4.79 Å². The minimum Gasteiger partial charge on any atom is -0.497 e. The molecule has 5 nitrogen and oxygen atoms in total. The van der Waals surface area contributed by atoms with Gasteiger partial charge in [-0.05, 0) is 65.9 Å². The van der Waals surface area contributed by atoms with Crippen LogP contribution in [0.3, 0.4) is 0 Å². The Morgan fingerprint density at radius 2 is 1.96 bits per heavy atom. The number of ether oxygens (including phenoxy) is 2. The molecule has 0 aliphatic carbocycles. The smallest absolute Gasteiger partial charge is 0.277 e. The minimum atomic E-state index is -0.336. The van der Waals surface area contributed by atoms with Gasteiger partial charge in [-0.15, -0.1) is 0 Å². The maximum absolute atomic E-state index is 11.9. The van der Waals surface area contributed by atoms with Crippen LogP contribution in [0.25, 0.3) is 0 Å².